The van der Waals surface area contributed by atoms with Gasteiger partial charge in [0.05, 0.1) is 16.6 Å². The highest BCUT2D eigenvalue weighted by atomic mass is 35.5. The number of hydrogen-bond acceptors (Lipinski definition) is 3. The van der Waals surface area contributed by atoms with Gasteiger partial charge < -0.3 is 16.0 Å². The lowest BCUT2D eigenvalue weighted by molar-refractivity contribution is -0.117. The topological polar surface area (TPSA) is 75.4 Å². The van der Waals surface area contributed by atoms with Crippen molar-refractivity contribution in [2.75, 3.05) is 11.9 Å². The standard InChI is InChI=1S/C19H28ClN3O2/c1-12(2)10-17(21)18(24)22-14-7-8-15(16(20)11-14)19(25)23-9-5-4-6-13(23)3/h7-8,11-13,17H,4-6,9-10,21H2,1-3H3,(H,22,24)/t13?,17-/m0/s1. The van der Waals surface area contributed by atoms with Crippen LogP contribution in [0.1, 0.15) is 56.8 Å². The second-order valence-corrected chi connectivity index (χ2v) is 7.67. The molecule has 1 heterocycles. The molecule has 0 aliphatic carbocycles. The Balaban J connectivity index is 2.07. The quantitative estimate of drug-likeness (QED) is 0.835. The summed E-state index contributed by atoms with van der Waals surface area (Å²) < 4.78 is 0. The van der Waals surface area contributed by atoms with E-state index >= 15 is 0 Å². The molecule has 0 spiro atoms. The molecule has 1 aliphatic rings. The maximum atomic E-state index is 12.7. The summed E-state index contributed by atoms with van der Waals surface area (Å²) in [5.41, 5.74) is 6.91. The van der Waals surface area contributed by atoms with Gasteiger partial charge in [0.25, 0.3) is 5.91 Å². The van der Waals surface area contributed by atoms with E-state index in [1.54, 1.807) is 18.2 Å². The average molecular weight is 366 g/mol. The fourth-order valence-corrected chi connectivity index (χ4v) is 3.43. The lowest BCUT2D eigenvalue weighted by Gasteiger charge is -2.33. The van der Waals surface area contributed by atoms with Crippen molar-refractivity contribution < 1.29 is 9.59 Å². The number of benzene rings is 1. The summed E-state index contributed by atoms with van der Waals surface area (Å²) >= 11 is 6.31. The van der Waals surface area contributed by atoms with Crippen LogP contribution in [0.5, 0.6) is 0 Å². The Kier molecular flexibility index (Phi) is 6.85. The van der Waals surface area contributed by atoms with Crippen LogP contribution in [0.4, 0.5) is 5.69 Å². The lowest BCUT2D eigenvalue weighted by atomic mass is 10.0. The molecule has 3 N–H and O–H groups in total. The predicted molar refractivity (Wildman–Crippen MR) is 102 cm³/mol. The molecule has 1 aromatic carbocycles. The number of halogens is 1. The first-order valence-electron chi connectivity index (χ1n) is 8.96. The predicted octanol–water partition coefficient (Wildman–Crippen LogP) is 3.67. The highest BCUT2D eigenvalue weighted by molar-refractivity contribution is 6.34. The Labute approximate surface area is 154 Å². The molecule has 2 atom stereocenters. The lowest BCUT2D eigenvalue weighted by Crippen LogP contribution is -2.42. The first-order valence-corrected chi connectivity index (χ1v) is 9.34. The van der Waals surface area contributed by atoms with Gasteiger partial charge in [0.15, 0.2) is 0 Å². The zero-order valence-corrected chi connectivity index (χ0v) is 16.0. The monoisotopic (exact) mass is 365 g/mol. The molecular weight excluding hydrogens is 338 g/mol. The summed E-state index contributed by atoms with van der Waals surface area (Å²) in [6, 6.07) is 4.66. The number of amides is 2. The molecule has 1 aromatic rings. The summed E-state index contributed by atoms with van der Waals surface area (Å²) in [4.78, 5) is 26.7. The second-order valence-electron chi connectivity index (χ2n) is 7.26. The third-order valence-corrected chi connectivity index (χ3v) is 4.91. The van der Waals surface area contributed by atoms with Crippen LogP contribution in [0.3, 0.4) is 0 Å². The van der Waals surface area contributed by atoms with Crippen LogP contribution >= 0.6 is 11.6 Å². The number of piperidine rings is 1. The minimum atomic E-state index is -0.561. The van der Waals surface area contributed by atoms with Crippen LogP contribution in [-0.4, -0.2) is 35.3 Å². The van der Waals surface area contributed by atoms with Crippen LogP contribution in [0, 0.1) is 5.92 Å². The SMILES string of the molecule is CC(C)C[C@H](N)C(=O)Nc1ccc(C(=O)N2CCCCC2C)c(Cl)c1. The number of anilines is 1. The minimum absolute atomic E-state index is 0.0495. The van der Waals surface area contributed by atoms with Crippen molar-refractivity contribution in [1.29, 1.82) is 0 Å². The van der Waals surface area contributed by atoms with Crippen LogP contribution in [0.15, 0.2) is 18.2 Å². The molecule has 5 nitrogen and oxygen atoms in total. The van der Waals surface area contributed by atoms with E-state index in [2.05, 4.69) is 12.2 Å². The summed E-state index contributed by atoms with van der Waals surface area (Å²) in [6.07, 6.45) is 3.81. The molecule has 0 radical (unpaired) electrons. The Morgan fingerprint density at radius 1 is 1.36 bits per heavy atom. The molecule has 138 valence electrons. The molecule has 6 heteroatoms. The molecule has 1 unspecified atom stereocenters. The van der Waals surface area contributed by atoms with E-state index in [4.69, 9.17) is 17.3 Å². The smallest absolute Gasteiger partial charge is 0.255 e. The van der Waals surface area contributed by atoms with Crippen LogP contribution in [0.25, 0.3) is 0 Å². The summed E-state index contributed by atoms with van der Waals surface area (Å²) in [6.45, 7) is 6.87. The third-order valence-electron chi connectivity index (χ3n) is 4.59. The summed E-state index contributed by atoms with van der Waals surface area (Å²) in [7, 11) is 0. The average Bonchev–Trinajstić information content (AvgIpc) is 2.54. The molecule has 1 saturated heterocycles. The fourth-order valence-electron chi connectivity index (χ4n) is 3.17. The van der Waals surface area contributed by atoms with E-state index in [0.29, 0.717) is 28.6 Å². The van der Waals surface area contributed by atoms with E-state index in [1.807, 2.05) is 18.7 Å². The van der Waals surface area contributed by atoms with E-state index in [-0.39, 0.29) is 17.9 Å². The Morgan fingerprint density at radius 3 is 2.68 bits per heavy atom. The van der Waals surface area contributed by atoms with Gasteiger partial charge in [-0.1, -0.05) is 25.4 Å². The zero-order valence-electron chi connectivity index (χ0n) is 15.2. The van der Waals surface area contributed by atoms with Crippen molar-refractivity contribution in [3.63, 3.8) is 0 Å². The second kappa shape index (κ2) is 8.68. The molecule has 2 rings (SSSR count). The maximum Gasteiger partial charge on any atom is 0.255 e. The highest BCUT2D eigenvalue weighted by Crippen LogP contribution is 2.26. The van der Waals surface area contributed by atoms with Crippen molar-refractivity contribution >= 4 is 29.1 Å². The van der Waals surface area contributed by atoms with Gasteiger partial charge in [-0.2, -0.15) is 0 Å². The molecule has 0 bridgehead atoms. The van der Waals surface area contributed by atoms with Gasteiger partial charge in [-0.05, 0) is 56.7 Å². The summed E-state index contributed by atoms with van der Waals surface area (Å²) in [5, 5.41) is 3.11. The van der Waals surface area contributed by atoms with Gasteiger partial charge in [0.2, 0.25) is 5.91 Å². The van der Waals surface area contributed by atoms with E-state index in [9.17, 15) is 9.59 Å². The molecule has 1 fully saturated rings. The highest BCUT2D eigenvalue weighted by Gasteiger charge is 2.25. The number of carbonyl (C=O) groups is 2. The van der Waals surface area contributed by atoms with Crippen molar-refractivity contribution in [2.45, 2.75) is 58.5 Å². The molecule has 25 heavy (non-hydrogen) atoms. The normalized spacial score (nSPS) is 19.0. The van der Waals surface area contributed by atoms with E-state index in [1.165, 1.54) is 0 Å². The molecule has 0 aromatic heterocycles. The van der Waals surface area contributed by atoms with Gasteiger partial charge in [-0.25, -0.2) is 0 Å². The number of likely N-dealkylation sites (tertiary alicyclic amines) is 1. The molecule has 1 aliphatic heterocycles. The molecule has 2 amide bonds. The number of rotatable bonds is 5. The zero-order chi connectivity index (χ0) is 18.6. The van der Waals surface area contributed by atoms with Crippen molar-refractivity contribution in [2.24, 2.45) is 11.7 Å². The number of carbonyl (C=O) groups excluding carboxylic acids is 2. The molecule has 0 saturated carbocycles. The fraction of sp³-hybridized carbons (Fsp3) is 0.579. The Morgan fingerprint density at radius 2 is 2.08 bits per heavy atom. The largest absolute Gasteiger partial charge is 0.336 e. The Bertz CT molecular complexity index is 633. The third kappa shape index (κ3) is 5.19. The van der Waals surface area contributed by atoms with Gasteiger partial charge in [-0.3, -0.25) is 9.59 Å². The van der Waals surface area contributed by atoms with E-state index < -0.39 is 6.04 Å². The van der Waals surface area contributed by atoms with Gasteiger partial charge in [0, 0.05) is 18.3 Å². The summed E-state index contributed by atoms with van der Waals surface area (Å²) in [5.74, 6) is 0.0518. The van der Waals surface area contributed by atoms with Crippen molar-refractivity contribution in [3.8, 4) is 0 Å². The van der Waals surface area contributed by atoms with Crippen LogP contribution < -0.4 is 11.1 Å². The van der Waals surface area contributed by atoms with Gasteiger partial charge >= 0.3 is 0 Å². The maximum absolute atomic E-state index is 12.7. The van der Waals surface area contributed by atoms with E-state index in [0.717, 1.165) is 25.8 Å². The minimum Gasteiger partial charge on any atom is -0.336 e. The number of nitrogens with two attached hydrogens (primary N) is 1. The number of nitrogens with one attached hydrogen (secondary N) is 1. The number of nitrogens with zero attached hydrogens (tertiary/aromatic N) is 1. The first-order chi connectivity index (χ1) is 11.8. The van der Waals surface area contributed by atoms with Crippen LogP contribution in [-0.2, 0) is 4.79 Å². The Hall–Kier alpha value is -1.59. The van der Waals surface area contributed by atoms with Gasteiger partial charge in [0.1, 0.15) is 0 Å². The van der Waals surface area contributed by atoms with Crippen LogP contribution in [0.2, 0.25) is 5.02 Å². The van der Waals surface area contributed by atoms with Gasteiger partial charge in [-0.15, -0.1) is 0 Å². The first kappa shape index (κ1) is 19.7. The van der Waals surface area contributed by atoms with Crippen molar-refractivity contribution in [1.82, 2.24) is 4.90 Å². The molecular formula is C19H28ClN3O2. The number of hydrogen-bond donors (Lipinski definition) is 2. The van der Waals surface area contributed by atoms with Crippen molar-refractivity contribution in [3.05, 3.63) is 28.8 Å².